The van der Waals surface area contributed by atoms with E-state index < -0.39 is 11.7 Å². The number of phenolic OH excluding ortho intramolecular Hbond substituents is 1. The molecule has 0 aliphatic rings. The second kappa shape index (κ2) is 5.61. The van der Waals surface area contributed by atoms with Gasteiger partial charge in [0.05, 0.1) is 5.56 Å². The number of hydrogen-bond acceptors (Lipinski definition) is 3. The van der Waals surface area contributed by atoms with Crippen LogP contribution in [0.4, 0.5) is 10.1 Å². The summed E-state index contributed by atoms with van der Waals surface area (Å²) in [6, 6.07) is 9.19. The Bertz CT molecular complexity index is 656. The van der Waals surface area contributed by atoms with Crippen LogP contribution in [0.3, 0.4) is 0 Å². The molecule has 0 radical (unpaired) electrons. The van der Waals surface area contributed by atoms with Gasteiger partial charge in [0, 0.05) is 17.8 Å². The third-order valence-electron chi connectivity index (χ3n) is 2.98. The smallest absolute Gasteiger partial charge is 0.254 e. The van der Waals surface area contributed by atoms with E-state index in [0.717, 1.165) is 0 Å². The maximum Gasteiger partial charge on any atom is 0.254 e. The molecule has 0 saturated heterocycles. The number of rotatable bonds is 3. The fourth-order valence-corrected chi connectivity index (χ4v) is 1.84. The molecular weight excluding hydrogens is 259 g/mol. The van der Waals surface area contributed by atoms with Crippen LogP contribution in [0.5, 0.6) is 5.75 Å². The molecule has 0 bridgehead atoms. The Hall–Kier alpha value is -2.56. The highest BCUT2D eigenvalue weighted by Gasteiger charge is 2.13. The van der Waals surface area contributed by atoms with Crippen molar-refractivity contribution in [2.45, 2.75) is 13.5 Å². The van der Waals surface area contributed by atoms with Gasteiger partial charge in [0.25, 0.3) is 5.91 Å². The number of anilines is 1. The summed E-state index contributed by atoms with van der Waals surface area (Å²) in [5.74, 6) is -1.04. The van der Waals surface area contributed by atoms with Gasteiger partial charge in [-0.2, -0.15) is 0 Å². The highest BCUT2D eigenvalue weighted by atomic mass is 19.1. The van der Waals surface area contributed by atoms with Crippen LogP contribution in [-0.2, 0) is 6.54 Å². The van der Waals surface area contributed by atoms with E-state index in [1.165, 1.54) is 12.1 Å². The first-order valence-corrected chi connectivity index (χ1v) is 6.09. The minimum atomic E-state index is -0.540. The van der Waals surface area contributed by atoms with Gasteiger partial charge in [0.2, 0.25) is 0 Å². The van der Waals surface area contributed by atoms with Crippen molar-refractivity contribution in [1.29, 1.82) is 0 Å². The molecule has 2 rings (SSSR count). The van der Waals surface area contributed by atoms with Crippen LogP contribution in [0, 0.1) is 12.7 Å². The lowest BCUT2D eigenvalue weighted by Crippen LogP contribution is -2.24. The molecule has 104 valence electrons. The molecule has 0 atom stereocenters. The van der Waals surface area contributed by atoms with Crippen molar-refractivity contribution in [3.8, 4) is 5.75 Å². The number of amides is 1. The van der Waals surface area contributed by atoms with Gasteiger partial charge in [0.15, 0.2) is 0 Å². The molecular formula is C15H15FN2O2. The third-order valence-corrected chi connectivity index (χ3v) is 2.98. The second-order valence-electron chi connectivity index (χ2n) is 4.51. The lowest BCUT2D eigenvalue weighted by atomic mass is 10.1. The van der Waals surface area contributed by atoms with Crippen LogP contribution in [0.25, 0.3) is 0 Å². The quantitative estimate of drug-likeness (QED) is 0.594. The number of carbonyl (C=O) groups is 1. The average molecular weight is 274 g/mol. The molecule has 0 aromatic heterocycles. The molecule has 2 aromatic rings. The molecule has 4 N–H and O–H groups in total. The standard InChI is InChI=1S/C15H15FN2O2/c1-9-3-2-4-12(14(9)16)15(20)18-8-10-7-11(17)5-6-13(10)19/h2-7,19H,8,17H2,1H3,(H,18,20). The SMILES string of the molecule is Cc1cccc(C(=O)NCc2cc(N)ccc2O)c1F. The summed E-state index contributed by atoms with van der Waals surface area (Å²) in [6.07, 6.45) is 0. The van der Waals surface area contributed by atoms with Crippen molar-refractivity contribution in [3.63, 3.8) is 0 Å². The van der Waals surface area contributed by atoms with Crippen molar-refractivity contribution in [3.05, 3.63) is 58.9 Å². The molecule has 0 aliphatic heterocycles. The van der Waals surface area contributed by atoms with Crippen LogP contribution in [-0.4, -0.2) is 11.0 Å². The first-order chi connectivity index (χ1) is 9.49. The Morgan fingerprint density at radius 2 is 2.10 bits per heavy atom. The zero-order valence-corrected chi connectivity index (χ0v) is 11.0. The van der Waals surface area contributed by atoms with Crippen molar-refractivity contribution >= 4 is 11.6 Å². The molecule has 0 heterocycles. The van der Waals surface area contributed by atoms with Crippen LogP contribution in [0.1, 0.15) is 21.5 Å². The molecule has 5 heteroatoms. The third kappa shape index (κ3) is 2.88. The minimum absolute atomic E-state index is 0.0200. The number of phenols is 1. The van der Waals surface area contributed by atoms with Crippen LogP contribution in [0.2, 0.25) is 0 Å². The fraction of sp³-hybridized carbons (Fsp3) is 0.133. The summed E-state index contributed by atoms with van der Waals surface area (Å²) in [6.45, 7) is 1.67. The molecule has 1 amide bonds. The van der Waals surface area contributed by atoms with E-state index in [1.54, 1.807) is 31.2 Å². The summed E-state index contributed by atoms with van der Waals surface area (Å²) in [4.78, 5) is 11.9. The minimum Gasteiger partial charge on any atom is -0.508 e. The lowest BCUT2D eigenvalue weighted by molar-refractivity contribution is 0.0946. The van der Waals surface area contributed by atoms with Crippen molar-refractivity contribution in [1.82, 2.24) is 5.32 Å². The molecule has 0 aliphatic carbocycles. The van der Waals surface area contributed by atoms with Crippen LogP contribution < -0.4 is 11.1 Å². The fourth-order valence-electron chi connectivity index (χ4n) is 1.84. The normalized spacial score (nSPS) is 10.3. The Morgan fingerprint density at radius 3 is 2.85 bits per heavy atom. The summed E-state index contributed by atoms with van der Waals surface area (Å²) < 4.78 is 13.8. The summed E-state index contributed by atoms with van der Waals surface area (Å²) >= 11 is 0. The number of carbonyl (C=O) groups excluding carboxylic acids is 1. The molecule has 0 unspecified atom stereocenters. The first kappa shape index (κ1) is 13.9. The first-order valence-electron chi connectivity index (χ1n) is 6.09. The van der Waals surface area contributed by atoms with Gasteiger partial charge in [-0.05, 0) is 36.8 Å². The summed E-state index contributed by atoms with van der Waals surface area (Å²) in [5, 5.41) is 12.2. The number of benzene rings is 2. The predicted molar refractivity (Wildman–Crippen MR) is 74.8 cm³/mol. The largest absolute Gasteiger partial charge is 0.508 e. The lowest BCUT2D eigenvalue weighted by Gasteiger charge is -2.09. The molecule has 20 heavy (non-hydrogen) atoms. The van der Waals surface area contributed by atoms with Crippen LogP contribution in [0.15, 0.2) is 36.4 Å². The van der Waals surface area contributed by atoms with Crippen molar-refractivity contribution in [2.75, 3.05) is 5.73 Å². The van der Waals surface area contributed by atoms with E-state index in [9.17, 15) is 14.3 Å². The maximum atomic E-state index is 13.8. The molecule has 4 nitrogen and oxygen atoms in total. The number of halogens is 1. The van der Waals surface area contributed by atoms with Gasteiger partial charge in [-0.15, -0.1) is 0 Å². The zero-order chi connectivity index (χ0) is 14.7. The molecule has 0 spiro atoms. The van der Waals surface area contributed by atoms with Crippen molar-refractivity contribution < 1.29 is 14.3 Å². The molecule has 0 saturated carbocycles. The van der Waals surface area contributed by atoms with E-state index in [0.29, 0.717) is 16.8 Å². The van der Waals surface area contributed by atoms with E-state index >= 15 is 0 Å². The number of nitrogens with two attached hydrogens (primary N) is 1. The maximum absolute atomic E-state index is 13.8. The van der Waals surface area contributed by atoms with E-state index in [2.05, 4.69) is 5.32 Å². The number of nitrogen functional groups attached to an aromatic ring is 1. The Balaban J connectivity index is 2.13. The van der Waals surface area contributed by atoms with E-state index in [-0.39, 0.29) is 17.9 Å². The highest BCUT2D eigenvalue weighted by Crippen LogP contribution is 2.19. The van der Waals surface area contributed by atoms with Crippen molar-refractivity contribution in [2.24, 2.45) is 0 Å². The number of nitrogens with one attached hydrogen (secondary N) is 1. The van der Waals surface area contributed by atoms with Gasteiger partial charge in [0.1, 0.15) is 11.6 Å². The predicted octanol–water partition coefficient (Wildman–Crippen LogP) is 2.35. The topological polar surface area (TPSA) is 75.4 Å². The van der Waals surface area contributed by atoms with Gasteiger partial charge in [-0.25, -0.2) is 4.39 Å². The van der Waals surface area contributed by atoms with Gasteiger partial charge < -0.3 is 16.2 Å². The Labute approximate surface area is 116 Å². The Kier molecular flexibility index (Phi) is 3.89. The number of aryl methyl sites for hydroxylation is 1. The molecule has 0 fully saturated rings. The monoisotopic (exact) mass is 274 g/mol. The second-order valence-corrected chi connectivity index (χ2v) is 4.51. The van der Waals surface area contributed by atoms with Gasteiger partial charge in [-0.3, -0.25) is 4.79 Å². The number of aromatic hydroxyl groups is 1. The molecule has 2 aromatic carbocycles. The van der Waals surface area contributed by atoms with E-state index in [1.807, 2.05) is 0 Å². The number of hydrogen-bond donors (Lipinski definition) is 3. The van der Waals surface area contributed by atoms with Gasteiger partial charge in [-0.1, -0.05) is 12.1 Å². The average Bonchev–Trinajstić information content (AvgIpc) is 2.42. The van der Waals surface area contributed by atoms with Crippen LogP contribution >= 0.6 is 0 Å². The van der Waals surface area contributed by atoms with E-state index in [4.69, 9.17) is 5.73 Å². The highest BCUT2D eigenvalue weighted by molar-refractivity contribution is 5.94. The zero-order valence-electron chi connectivity index (χ0n) is 11.0. The summed E-state index contributed by atoms with van der Waals surface area (Å²) in [7, 11) is 0. The van der Waals surface area contributed by atoms with Gasteiger partial charge >= 0.3 is 0 Å². The summed E-state index contributed by atoms with van der Waals surface area (Å²) in [5.41, 5.74) is 6.95. The Morgan fingerprint density at radius 1 is 1.35 bits per heavy atom.